The largest absolute Gasteiger partial charge is 0.492 e. The van der Waals surface area contributed by atoms with Crippen LogP contribution in [0.4, 0.5) is 0 Å². The second-order valence-corrected chi connectivity index (χ2v) is 8.37. The second kappa shape index (κ2) is 8.20. The summed E-state index contributed by atoms with van der Waals surface area (Å²) >= 11 is 0. The first-order valence-electron chi connectivity index (χ1n) is 10.8. The maximum absolute atomic E-state index is 11.6. The molecule has 0 bridgehead atoms. The number of nitrogens with one attached hydrogen (secondary N) is 1. The Kier molecular flexibility index (Phi) is 5.29. The average Bonchev–Trinajstić information content (AvgIpc) is 3.45. The van der Waals surface area contributed by atoms with Crippen LogP contribution in [-0.4, -0.2) is 43.7 Å². The predicted molar refractivity (Wildman–Crippen MR) is 113 cm³/mol. The van der Waals surface area contributed by atoms with Crippen molar-refractivity contribution >= 4 is 21.9 Å². The Morgan fingerprint density at radius 2 is 1.90 bits per heavy atom. The fourth-order valence-electron chi connectivity index (χ4n) is 4.24. The Labute approximate surface area is 169 Å². The molecule has 2 aliphatic rings. The molecule has 154 valence electrons. The first kappa shape index (κ1) is 18.7. The lowest BCUT2D eigenvalue weighted by atomic mass is 10.0. The number of benzene rings is 1. The molecule has 6 nitrogen and oxygen atoms in total. The van der Waals surface area contributed by atoms with Crippen LogP contribution in [0.25, 0.3) is 21.9 Å². The van der Waals surface area contributed by atoms with Gasteiger partial charge in [0.15, 0.2) is 0 Å². The van der Waals surface area contributed by atoms with Crippen molar-refractivity contribution in [1.29, 1.82) is 0 Å². The minimum absolute atomic E-state index is 0.371. The Balaban J connectivity index is 1.15. The van der Waals surface area contributed by atoms with Crippen molar-refractivity contribution in [3.63, 3.8) is 0 Å². The molecule has 0 unspecified atom stereocenters. The lowest BCUT2D eigenvalue weighted by Crippen LogP contribution is -2.43. The van der Waals surface area contributed by atoms with Gasteiger partial charge in [0.2, 0.25) is 0 Å². The third-order valence-corrected chi connectivity index (χ3v) is 6.15. The zero-order valence-corrected chi connectivity index (χ0v) is 16.7. The van der Waals surface area contributed by atoms with Gasteiger partial charge in [0.25, 0.3) is 0 Å². The molecule has 3 aromatic rings. The average molecular weight is 396 g/mol. The molecule has 2 fully saturated rings. The molecular formula is C23H28N2O4. The first-order valence-corrected chi connectivity index (χ1v) is 10.8. The van der Waals surface area contributed by atoms with Crippen molar-refractivity contribution in [3.8, 4) is 5.75 Å². The molecule has 6 heteroatoms. The first-order chi connectivity index (χ1) is 14.3. The Morgan fingerprint density at radius 3 is 2.72 bits per heavy atom. The van der Waals surface area contributed by atoms with Crippen LogP contribution in [0.15, 0.2) is 44.2 Å². The summed E-state index contributed by atoms with van der Waals surface area (Å²) in [7, 11) is 0. The Hall–Kier alpha value is -2.31. The highest BCUT2D eigenvalue weighted by molar-refractivity contribution is 6.01. The molecule has 0 spiro atoms. The normalized spacial score (nSPS) is 18.6. The topological polar surface area (TPSA) is 67.8 Å². The lowest BCUT2D eigenvalue weighted by Gasteiger charge is -2.32. The SMILES string of the molecule is O=c1ccc2c(OCCCN3CCC(NCC4CC4)CC3)c3ccoc3cc2o1. The van der Waals surface area contributed by atoms with E-state index in [1.165, 1.54) is 38.3 Å². The second-order valence-electron chi connectivity index (χ2n) is 8.37. The number of likely N-dealkylation sites (tertiary alicyclic amines) is 1. The van der Waals surface area contributed by atoms with Gasteiger partial charge in [-0.2, -0.15) is 0 Å². The molecule has 1 aliphatic carbocycles. The Morgan fingerprint density at radius 1 is 1.07 bits per heavy atom. The van der Waals surface area contributed by atoms with E-state index < -0.39 is 0 Å². The van der Waals surface area contributed by atoms with Gasteiger partial charge >= 0.3 is 5.63 Å². The van der Waals surface area contributed by atoms with E-state index in [1.54, 1.807) is 18.4 Å². The van der Waals surface area contributed by atoms with Gasteiger partial charge in [0.1, 0.15) is 16.9 Å². The fourth-order valence-corrected chi connectivity index (χ4v) is 4.24. The molecule has 5 rings (SSSR count). The van der Waals surface area contributed by atoms with Crippen molar-refractivity contribution in [2.45, 2.75) is 38.1 Å². The zero-order valence-electron chi connectivity index (χ0n) is 16.7. The lowest BCUT2D eigenvalue weighted by molar-refractivity contribution is 0.182. The molecule has 0 amide bonds. The smallest absolute Gasteiger partial charge is 0.336 e. The summed E-state index contributed by atoms with van der Waals surface area (Å²) in [6, 6.07) is 7.54. The molecule has 1 N–H and O–H groups in total. The quantitative estimate of drug-likeness (QED) is 0.462. The van der Waals surface area contributed by atoms with Crippen LogP contribution in [0, 0.1) is 5.92 Å². The summed E-state index contributed by atoms with van der Waals surface area (Å²) < 4.78 is 17.0. The maximum atomic E-state index is 11.6. The monoisotopic (exact) mass is 396 g/mol. The molecule has 1 aliphatic heterocycles. The summed E-state index contributed by atoms with van der Waals surface area (Å²) in [5.41, 5.74) is 0.794. The molecule has 0 atom stereocenters. The Bertz CT molecular complexity index is 1030. The van der Waals surface area contributed by atoms with Crippen LogP contribution in [-0.2, 0) is 0 Å². The third kappa shape index (κ3) is 4.33. The zero-order chi connectivity index (χ0) is 19.6. The summed E-state index contributed by atoms with van der Waals surface area (Å²) in [5, 5.41) is 5.45. The third-order valence-electron chi connectivity index (χ3n) is 6.15. The molecule has 29 heavy (non-hydrogen) atoms. The summed E-state index contributed by atoms with van der Waals surface area (Å²) in [6.07, 6.45) is 7.92. The minimum atomic E-state index is -0.371. The highest BCUT2D eigenvalue weighted by Crippen LogP contribution is 2.35. The highest BCUT2D eigenvalue weighted by Gasteiger charge is 2.24. The van der Waals surface area contributed by atoms with Crippen LogP contribution in [0.3, 0.4) is 0 Å². The van der Waals surface area contributed by atoms with E-state index in [9.17, 15) is 4.79 Å². The highest BCUT2D eigenvalue weighted by atomic mass is 16.5. The molecular weight excluding hydrogens is 368 g/mol. The summed E-state index contributed by atoms with van der Waals surface area (Å²) in [5.74, 6) is 1.69. The number of fused-ring (bicyclic) bond motifs is 2. The molecule has 1 saturated heterocycles. The van der Waals surface area contributed by atoms with Crippen molar-refractivity contribution in [3.05, 3.63) is 40.9 Å². The van der Waals surface area contributed by atoms with Crippen LogP contribution in [0.2, 0.25) is 0 Å². The van der Waals surface area contributed by atoms with E-state index in [-0.39, 0.29) is 5.63 Å². The van der Waals surface area contributed by atoms with Crippen molar-refractivity contribution < 1.29 is 13.6 Å². The fraction of sp³-hybridized carbons (Fsp3) is 0.522. The molecule has 3 heterocycles. The predicted octanol–water partition coefficient (Wildman–Crippen LogP) is 3.77. The van der Waals surface area contributed by atoms with E-state index in [0.29, 0.717) is 23.8 Å². The van der Waals surface area contributed by atoms with Gasteiger partial charge in [0.05, 0.1) is 23.6 Å². The van der Waals surface area contributed by atoms with Crippen LogP contribution in [0.5, 0.6) is 5.75 Å². The van der Waals surface area contributed by atoms with Gasteiger partial charge in [-0.05, 0) is 69.8 Å². The van der Waals surface area contributed by atoms with E-state index in [4.69, 9.17) is 13.6 Å². The van der Waals surface area contributed by atoms with Gasteiger partial charge < -0.3 is 23.8 Å². The van der Waals surface area contributed by atoms with Gasteiger partial charge in [-0.15, -0.1) is 0 Å². The van der Waals surface area contributed by atoms with E-state index >= 15 is 0 Å². The summed E-state index contributed by atoms with van der Waals surface area (Å²) in [4.78, 5) is 14.1. The maximum Gasteiger partial charge on any atom is 0.336 e. The van der Waals surface area contributed by atoms with Crippen molar-refractivity contribution in [2.24, 2.45) is 5.92 Å². The minimum Gasteiger partial charge on any atom is -0.492 e. The number of hydrogen-bond acceptors (Lipinski definition) is 6. The van der Waals surface area contributed by atoms with Crippen molar-refractivity contribution in [1.82, 2.24) is 10.2 Å². The van der Waals surface area contributed by atoms with Gasteiger partial charge in [0, 0.05) is 24.7 Å². The number of nitrogens with zero attached hydrogens (tertiary/aromatic N) is 1. The van der Waals surface area contributed by atoms with Gasteiger partial charge in [-0.1, -0.05) is 0 Å². The molecule has 0 radical (unpaired) electrons. The van der Waals surface area contributed by atoms with Crippen molar-refractivity contribution in [2.75, 3.05) is 32.8 Å². The van der Waals surface area contributed by atoms with Crippen LogP contribution >= 0.6 is 0 Å². The van der Waals surface area contributed by atoms with Crippen LogP contribution < -0.4 is 15.7 Å². The number of furan rings is 1. The van der Waals surface area contributed by atoms with E-state index in [1.807, 2.05) is 6.07 Å². The standard InChI is InChI=1S/C23H28N2O4/c26-22-5-4-18-21(29-22)14-20-19(8-13-27-20)23(18)28-12-1-9-25-10-6-17(7-11-25)24-15-16-2-3-16/h4-5,8,13-14,16-17,24H,1-3,6-7,9-12,15H2. The van der Waals surface area contributed by atoms with E-state index in [0.717, 1.165) is 48.5 Å². The molecule has 1 aromatic carbocycles. The summed E-state index contributed by atoms with van der Waals surface area (Å²) in [6.45, 7) is 5.20. The van der Waals surface area contributed by atoms with Crippen LogP contribution in [0.1, 0.15) is 32.1 Å². The molecule has 2 aromatic heterocycles. The molecule has 1 saturated carbocycles. The number of ether oxygens (including phenoxy) is 1. The van der Waals surface area contributed by atoms with Gasteiger partial charge in [-0.25, -0.2) is 4.79 Å². The van der Waals surface area contributed by atoms with E-state index in [2.05, 4.69) is 10.2 Å². The number of rotatable bonds is 8. The van der Waals surface area contributed by atoms with Gasteiger partial charge in [-0.3, -0.25) is 0 Å². The number of hydrogen-bond donors (Lipinski definition) is 1. The number of piperidine rings is 1.